The van der Waals surface area contributed by atoms with Crippen molar-refractivity contribution in [3.63, 3.8) is 0 Å². The Balaban J connectivity index is 2.15. The van der Waals surface area contributed by atoms with Crippen molar-refractivity contribution in [1.82, 2.24) is 0 Å². The lowest BCUT2D eigenvalue weighted by atomic mass is 9.75. The summed E-state index contributed by atoms with van der Waals surface area (Å²) in [5.41, 5.74) is 9.17. The van der Waals surface area contributed by atoms with Gasteiger partial charge in [-0.15, -0.1) is 0 Å². The van der Waals surface area contributed by atoms with E-state index in [4.69, 9.17) is 5.73 Å². The first-order chi connectivity index (χ1) is 8.63. The fourth-order valence-corrected chi connectivity index (χ4v) is 3.65. The topological polar surface area (TPSA) is 26.0 Å². The van der Waals surface area contributed by atoms with Crippen LogP contribution < -0.4 is 5.73 Å². The van der Waals surface area contributed by atoms with Crippen LogP contribution in [-0.4, -0.2) is 0 Å². The number of rotatable bonds is 3. The second-order valence-corrected chi connectivity index (χ2v) is 6.54. The first kappa shape index (κ1) is 14.1. The van der Waals surface area contributed by atoms with Gasteiger partial charge in [-0.1, -0.05) is 54.2 Å². The summed E-state index contributed by atoms with van der Waals surface area (Å²) in [6.45, 7) is 4.47. The maximum Gasteiger partial charge on any atom is 0.0326 e. The zero-order valence-electron chi connectivity index (χ0n) is 11.5. The normalized spacial score (nSPS) is 26.0. The molecule has 2 heteroatoms. The van der Waals surface area contributed by atoms with Crippen molar-refractivity contribution in [3.8, 4) is 0 Å². The smallest absolute Gasteiger partial charge is 0.0326 e. The maximum atomic E-state index is 6.54. The standard InChI is InChI=1S/C16H24BrN/c1-3-12-6-4-7-13(10-12)16(18)14-8-5-9-15(17)11(14)2/h5,8-9,12-13,16H,3-4,6-7,10,18H2,1-2H3. The summed E-state index contributed by atoms with van der Waals surface area (Å²) in [5, 5.41) is 0. The zero-order chi connectivity index (χ0) is 13.1. The highest BCUT2D eigenvalue weighted by Crippen LogP contribution is 2.38. The van der Waals surface area contributed by atoms with E-state index in [-0.39, 0.29) is 6.04 Å². The van der Waals surface area contributed by atoms with Crippen LogP contribution in [0, 0.1) is 18.8 Å². The molecule has 1 fully saturated rings. The molecule has 1 saturated carbocycles. The average Bonchev–Trinajstić information content (AvgIpc) is 2.41. The Labute approximate surface area is 119 Å². The van der Waals surface area contributed by atoms with Crippen molar-refractivity contribution in [2.75, 3.05) is 0 Å². The lowest BCUT2D eigenvalue weighted by Gasteiger charge is -2.33. The van der Waals surface area contributed by atoms with Gasteiger partial charge in [0.15, 0.2) is 0 Å². The Morgan fingerprint density at radius 2 is 2.17 bits per heavy atom. The third-order valence-corrected chi connectivity index (χ3v) is 5.44. The summed E-state index contributed by atoms with van der Waals surface area (Å²) >= 11 is 3.61. The van der Waals surface area contributed by atoms with Gasteiger partial charge in [0.25, 0.3) is 0 Å². The van der Waals surface area contributed by atoms with Crippen molar-refractivity contribution < 1.29 is 0 Å². The molecule has 2 rings (SSSR count). The van der Waals surface area contributed by atoms with Gasteiger partial charge in [-0.25, -0.2) is 0 Å². The molecule has 0 bridgehead atoms. The van der Waals surface area contributed by atoms with Gasteiger partial charge in [0.1, 0.15) is 0 Å². The summed E-state index contributed by atoms with van der Waals surface area (Å²) in [6, 6.07) is 6.60. The van der Waals surface area contributed by atoms with E-state index in [0.717, 1.165) is 5.92 Å². The predicted molar refractivity (Wildman–Crippen MR) is 81.5 cm³/mol. The summed E-state index contributed by atoms with van der Waals surface area (Å²) in [4.78, 5) is 0. The van der Waals surface area contributed by atoms with Crippen LogP contribution in [-0.2, 0) is 0 Å². The van der Waals surface area contributed by atoms with Crippen LogP contribution in [0.15, 0.2) is 22.7 Å². The molecule has 18 heavy (non-hydrogen) atoms. The Bertz CT molecular complexity index is 402. The molecule has 1 aromatic rings. The number of benzene rings is 1. The zero-order valence-corrected chi connectivity index (χ0v) is 13.0. The molecule has 1 aliphatic carbocycles. The molecule has 0 spiro atoms. The van der Waals surface area contributed by atoms with Gasteiger partial charge < -0.3 is 5.73 Å². The molecule has 0 heterocycles. The molecule has 3 unspecified atom stereocenters. The SMILES string of the molecule is CCC1CCCC(C(N)c2cccc(Br)c2C)C1. The van der Waals surface area contributed by atoms with Gasteiger partial charge >= 0.3 is 0 Å². The van der Waals surface area contributed by atoms with Crippen molar-refractivity contribution in [1.29, 1.82) is 0 Å². The average molecular weight is 310 g/mol. The molecule has 0 amide bonds. The van der Waals surface area contributed by atoms with Crippen LogP contribution in [0.4, 0.5) is 0 Å². The molecule has 0 aromatic heterocycles. The van der Waals surface area contributed by atoms with Gasteiger partial charge in [0.05, 0.1) is 0 Å². The largest absolute Gasteiger partial charge is 0.324 e. The van der Waals surface area contributed by atoms with Crippen LogP contribution in [0.3, 0.4) is 0 Å². The number of hydrogen-bond donors (Lipinski definition) is 1. The summed E-state index contributed by atoms with van der Waals surface area (Å²) in [6.07, 6.45) is 6.66. The summed E-state index contributed by atoms with van der Waals surface area (Å²) in [5.74, 6) is 1.55. The number of hydrogen-bond acceptors (Lipinski definition) is 1. The fraction of sp³-hybridized carbons (Fsp3) is 0.625. The number of halogens is 1. The minimum atomic E-state index is 0.205. The van der Waals surface area contributed by atoms with E-state index in [1.165, 1.54) is 47.7 Å². The second kappa shape index (κ2) is 6.21. The van der Waals surface area contributed by atoms with Crippen LogP contribution in [0.1, 0.15) is 56.2 Å². The van der Waals surface area contributed by atoms with E-state index < -0.39 is 0 Å². The van der Waals surface area contributed by atoms with Crippen LogP contribution in [0.25, 0.3) is 0 Å². The predicted octanol–water partition coefficient (Wildman–Crippen LogP) is 4.97. The highest BCUT2D eigenvalue weighted by atomic mass is 79.9. The van der Waals surface area contributed by atoms with Crippen molar-refractivity contribution >= 4 is 15.9 Å². The molecule has 100 valence electrons. The highest BCUT2D eigenvalue weighted by Gasteiger charge is 2.27. The maximum absolute atomic E-state index is 6.54. The van der Waals surface area contributed by atoms with Crippen LogP contribution >= 0.6 is 15.9 Å². The Kier molecular flexibility index (Phi) is 4.85. The van der Waals surface area contributed by atoms with E-state index in [9.17, 15) is 0 Å². The van der Waals surface area contributed by atoms with E-state index in [0.29, 0.717) is 5.92 Å². The monoisotopic (exact) mass is 309 g/mol. The summed E-state index contributed by atoms with van der Waals surface area (Å²) in [7, 11) is 0. The van der Waals surface area contributed by atoms with E-state index >= 15 is 0 Å². The molecule has 0 aliphatic heterocycles. The quantitative estimate of drug-likeness (QED) is 0.837. The van der Waals surface area contributed by atoms with Crippen molar-refractivity contribution in [2.45, 2.75) is 52.0 Å². The van der Waals surface area contributed by atoms with Crippen LogP contribution in [0.2, 0.25) is 0 Å². The first-order valence-corrected chi connectivity index (χ1v) is 7.93. The Morgan fingerprint density at radius 3 is 2.89 bits per heavy atom. The van der Waals surface area contributed by atoms with Gasteiger partial charge in [-0.3, -0.25) is 0 Å². The van der Waals surface area contributed by atoms with Gasteiger partial charge in [0, 0.05) is 10.5 Å². The van der Waals surface area contributed by atoms with Crippen molar-refractivity contribution in [2.24, 2.45) is 17.6 Å². The van der Waals surface area contributed by atoms with E-state index in [2.05, 4.69) is 48.0 Å². The van der Waals surface area contributed by atoms with Gasteiger partial charge in [0.2, 0.25) is 0 Å². The fourth-order valence-electron chi connectivity index (χ4n) is 3.27. The van der Waals surface area contributed by atoms with Crippen molar-refractivity contribution in [3.05, 3.63) is 33.8 Å². The minimum Gasteiger partial charge on any atom is -0.324 e. The third kappa shape index (κ3) is 2.97. The molecule has 1 aromatic carbocycles. The molecular weight excluding hydrogens is 286 g/mol. The lowest BCUT2D eigenvalue weighted by Crippen LogP contribution is -2.27. The lowest BCUT2D eigenvalue weighted by molar-refractivity contribution is 0.230. The van der Waals surface area contributed by atoms with E-state index in [1.807, 2.05) is 0 Å². The molecule has 0 saturated heterocycles. The molecule has 2 N–H and O–H groups in total. The highest BCUT2D eigenvalue weighted by molar-refractivity contribution is 9.10. The van der Waals surface area contributed by atoms with Gasteiger partial charge in [-0.05, 0) is 48.8 Å². The Hall–Kier alpha value is -0.340. The van der Waals surface area contributed by atoms with Crippen LogP contribution in [0.5, 0.6) is 0 Å². The molecule has 1 aliphatic rings. The minimum absolute atomic E-state index is 0.205. The third-order valence-electron chi connectivity index (χ3n) is 4.58. The Morgan fingerprint density at radius 1 is 1.39 bits per heavy atom. The molecule has 0 radical (unpaired) electrons. The van der Waals surface area contributed by atoms with E-state index in [1.54, 1.807) is 0 Å². The van der Waals surface area contributed by atoms with Gasteiger partial charge in [-0.2, -0.15) is 0 Å². The molecule has 3 atom stereocenters. The first-order valence-electron chi connectivity index (χ1n) is 7.14. The molecule has 1 nitrogen and oxygen atoms in total. The summed E-state index contributed by atoms with van der Waals surface area (Å²) < 4.78 is 1.18. The molecular formula is C16H24BrN. The second-order valence-electron chi connectivity index (χ2n) is 5.68. The number of nitrogens with two attached hydrogens (primary N) is 1.